The summed E-state index contributed by atoms with van der Waals surface area (Å²) in [4.78, 5) is 11.4. The van der Waals surface area contributed by atoms with Crippen molar-refractivity contribution in [2.45, 2.75) is 24.3 Å². The zero-order valence-corrected chi connectivity index (χ0v) is 14.4. The molecule has 1 aromatic carbocycles. The molecule has 0 aliphatic carbocycles. The topological polar surface area (TPSA) is 111 Å². The molecule has 2 heterocycles. The standard InChI is InChI=1S/C15H21N3O5S/c1-9-7-18(4-3-10(9)16)24(20,21)14-6-12-11(5-13(14)22-2)17-15(19)8-23-12/h5-6,9-10H,3-4,7-8,16H2,1-2H3,(H,17,19). The SMILES string of the molecule is COc1cc2c(cc1S(=O)(=O)N1CCC(N)C(C)C1)OCC(=O)N2. The molecule has 3 rings (SSSR count). The minimum absolute atomic E-state index is 0.000393. The number of carbonyl (C=O) groups excluding carboxylic acids is 1. The summed E-state index contributed by atoms with van der Waals surface area (Å²) in [6.45, 7) is 2.52. The minimum Gasteiger partial charge on any atom is -0.495 e. The lowest BCUT2D eigenvalue weighted by Gasteiger charge is -2.34. The van der Waals surface area contributed by atoms with Gasteiger partial charge in [-0.3, -0.25) is 4.79 Å². The van der Waals surface area contributed by atoms with E-state index >= 15 is 0 Å². The van der Waals surface area contributed by atoms with Crippen molar-refractivity contribution in [2.24, 2.45) is 11.7 Å². The number of piperidine rings is 1. The van der Waals surface area contributed by atoms with E-state index < -0.39 is 10.0 Å². The van der Waals surface area contributed by atoms with Crippen LogP contribution in [-0.2, 0) is 14.8 Å². The molecule has 1 fully saturated rings. The van der Waals surface area contributed by atoms with Gasteiger partial charge in [0.15, 0.2) is 6.61 Å². The first-order valence-corrected chi connectivity index (χ1v) is 9.17. The highest BCUT2D eigenvalue weighted by Gasteiger charge is 2.35. The number of sulfonamides is 1. The maximum absolute atomic E-state index is 13.0. The fraction of sp³-hybridized carbons (Fsp3) is 0.533. The summed E-state index contributed by atoms with van der Waals surface area (Å²) in [5, 5.41) is 2.64. The first-order chi connectivity index (χ1) is 11.3. The van der Waals surface area contributed by atoms with Crippen molar-refractivity contribution >= 4 is 21.6 Å². The first-order valence-electron chi connectivity index (χ1n) is 7.73. The molecule has 9 heteroatoms. The maximum Gasteiger partial charge on any atom is 0.262 e. The molecule has 1 saturated heterocycles. The number of ether oxygens (including phenoxy) is 2. The van der Waals surface area contributed by atoms with E-state index in [-0.39, 0.29) is 35.1 Å². The average molecular weight is 355 g/mol. The smallest absolute Gasteiger partial charge is 0.262 e. The Labute approximate surface area is 141 Å². The monoisotopic (exact) mass is 355 g/mol. The van der Waals surface area contributed by atoms with Crippen LogP contribution < -0.4 is 20.5 Å². The molecule has 2 aliphatic heterocycles. The summed E-state index contributed by atoms with van der Waals surface area (Å²) in [5.74, 6) is 0.268. The van der Waals surface area contributed by atoms with Crippen LogP contribution in [0.2, 0.25) is 0 Å². The van der Waals surface area contributed by atoms with Crippen LogP contribution in [0.15, 0.2) is 17.0 Å². The Morgan fingerprint density at radius 1 is 1.42 bits per heavy atom. The highest BCUT2D eigenvalue weighted by atomic mass is 32.2. The lowest BCUT2D eigenvalue weighted by atomic mass is 9.96. The van der Waals surface area contributed by atoms with Crippen molar-refractivity contribution in [1.82, 2.24) is 4.31 Å². The van der Waals surface area contributed by atoms with Gasteiger partial charge in [0, 0.05) is 31.3 Å². The van der Waals surface area contributed by atoms with Gasteiger partial charge in [0.25, 0.3) is 5.91 Å². The normalized spacial score (nSPS) is 24.7. The largest absolute Gasteiger partial charge is 0.495 e. The molecule has 1 amide bonds. The molecule has 3 N–H and O–H groups in total. The quantitative estimate of drug-likeness (QED) is 0.811. The Hall–Kier alpha value is -1.84. The van der Waals surface area contributed by atoms with Crippen LogP contribution in [-0.4, -0.2) is 51.5 Å². The van der Waals surface area contributed by atoms with Crippen LogP contribution in [0.5, 0.6) is 11.5 Å². The molecule has 2 aliphatic rings. The van der Waals surface area contributed by atoms with Crippen LogP contribution in [0.1, 0.15) is 13.3 Å². The Bertz CT molecular complexity index is 765. The van der Waals surface area contributed by atoms with E-state index in [1.165, 1.54) is 23.5 Å². The van der Waals surface area contributed by atoms with E-state index in [0.717, 1.165) is 0 Å². The molecule has 2 atom stereocenters. The van der Waals surface area contributed by atoms with E-state index in [9.17, 15) is 13.2 Å². The first kappa shape index (κ1) is 17.0. The van der Waals surface area contributed by atoms with Gasteiger partial charge in [-0.05, 0) is 12.3 Å². The molecule has 1 aromatic rings. The Balaban J connectivity index is 2.00. The highest BCUT2D eigenvalue weighted by Crippen LogP contribution is 2.38. The second kappa shape index (κ2) is 6.23. The predicted molar refractivity (Wildman–Crippen MR) is 87.6 cm³/mol. The van der Waals surface area contributed by atoms with E-state index in [1.807, 2.05) is 6.92 Å². The minimum atomic E-state index is -3.75. The highest BCUT2D eigenvalue weighted by molar-refractivity contribution is 7.89. The van der Waals surface area contributed by atoms with Gasteiger partial charge in [0.1, 0.15) is 16.4 Å². The van der Waals surface area contributed by atoms with Gasteiger partial charge in [0.05, 0.1) is 12.8 Å². The molecular weight excluding hydrogens is 334 g/mol. The van der Waals surface area contributed by atoms with Crippen molar-refractivity contribution in [3.8, 4) is 11.5 Å². The summed E-state index contributed by atoms with van der Waals surface area (Å²) in [6.07, 6.45) is 0.611. The second-order valence-corrected chi connectivity index (χ2v) is 8.04. The Morgan fingerprint density at radius 3 is 2.83 bits per heavy atom. The molecule has 132 valence electrons. The molecule has 0 bridgehead atoms. The van der Waals surface area contributed by atoms with E-state index in [4.69, 9.17) is 15.2 Å². The van der Waals surface area contributed by atoms with Crippen molar-refractivity contribution in [1.29, 1.82) is 0 Å². The molecule has 24 heavy (non-hydrogen) atoms. The van der Waals surface area contributed by atoms with Gasteiger partial charge in [-0.2, -0.15) is 4.31 Å². The van der Waals surface area contributed by atoms with E-state index in [1.54, 1.807) is 0 Å². The molecule has 8 nitrogen and oxygen atoms in total. The van der Waals surface area contributed by atoms with Gasteiger partial charge in [-0.25, -0.2) is 8.42 Å². The number of nitrogens with zero attached hydrogens (tertiary/aromatic N) is 1. The van der Waals surface area contributed by atoms with Crippen LogP contribution in [0.25, 0.3) is 0 Å². The van der Waals surface area contributed by atoms with Crippen molar-refractivity contribution < 1.29 is 22.7 Å². The molecule has 0 aromatic heterocycles. The van der Waals surface area contributed by atoms with Gasteiger partial charge in [0.2, 0.25) is 10.0 Å². The summed E-state index contributed by atoms with van der Waals surface area (Å²) in [6, 6.07) is 2.88. The van der Waals surface area contributed by atoms with E-state index in [0.29, 0.717) is 30.9 Å². The zero-order chi connectivity index (χ0) is 17.5. The number of rotatable bonds is 3. The molecular formula is C15H21N3O5S. The number of hydrogen-bond acceptors (Lipinski definition) is 6. The van der Waals surface area contributed by atoms with Gasteiger partial charge < -0.3 is 20.5 Å². The Morgan fingerprint density at radius 2 is 2.17 bits per heavy atom. The lowest BCUT2D eigenvalue weighted by Crippen LogP contribution is -2.48. The van der Waals surface area contributed by atoms with Crippen molar-refractivity contribution in [2.75, 3.05) is 32.1 Å². The number of methoxy groups -OCH3 is 1. The second-order valence-electron chi connectivity index (χ2n) is 6.13. The van der Waals surface area contributed by atoms with Crippen LogP contribution in [0.3, 0.4) is 0 Å². The van der Waals surface area contributed by atoms with Crippen LogP contribution in [0.4, 0.5) is 5.69 Å². The average Bonchev–Trinajstić information content (AvgIpc) is 2.55. The van der Waals surface area contributed by atoms with Gasteiger partial charge >= 0.3 is 0 Å². The number of amides is 1. The summed E-state index contributed by atoms with van der Waals surface area (Å²) in [7, 11) is -2.36. The number of nitrogens with one attached hydrogen (secondary N) is 1. The van der Waals surface area contributed by atoms with Gasteiger partial charge in [-0.15, -0.1) is 0 Å². The van der Waals surface area contributed by atoms with E-state index in [2.05, 4.69) is 5.32 Å². The molecule has 2 unspecified atom stereocenters. The molecule has 0 saturated carbocycles. The van der Waals surface area contributed by atoms with Gasteiger partial charge in [-0.1, -0.05) is 6.92 Å². The van der Waals surface area contributed by atoms with Crippen molar-refractivity contribution in [3.63, 3.8) is 0 Å². The van der Waals surface area contributed by atoms with Crippen molar-refractivity contribution in [3.05, 3.63) is 12.1 Å². The third kappa shape index (κ3) is 2.94. The number of hydrogen-bond donors (Lipinski definition) is 2. The molecule has 0 radical (unpaired) electrons. The lowest BCUT2D eigenvalue weighted by molar-refractivity contribution is -0.118. The molecule has 0 spiro atoms. The zero-order valence-electron chi connectivity index (χ0n) is 13.6. The third-order valence-corrected chi connectivity index (χ3v) is 6.34. The summed E-state index contributed by atoms with van der Waals surface area (Å²) >= 11 is 0. The fourth-order valence-corrected chi connectivity index (χ4v) is 4.64. The van der Waals surface area contributed by atoms with Crippen LogP contribution in [0, 0.1) is 5.92 Å². The predicted octanol–water partition coefficient (Wildman–Crippen LogP) is 0.384. The number of fused-ring (bicyclic) bond motifs is 1. The third-order valence-electron chi connectivity index (χ3n) is 4.45. The summed E-state index contributed by atoms with van der Waals surface area (Å²) in [5.41, 5.74) is 6.38. The summed E-state index contributed by atoms with van der Waals surface area (Å²) < 4.78 is 38.0. The maximum atomic E-state index is 13.0. The fourth-order valence-electron chi connectivity index (χ4n) is 2.93. The number of carbonyl (C=O) groups is 1. The number of benzene rings is 1. The Kier molecular flexibility index (Phi) is 4.41. The number of anilines is 1. The number of nitrogens with two attached hydrogens (primary N) is 1. The van der Waals surface area contributed by atoms with Crippen LogP contribution >= 0.6 is 0 Å².